The van der Waals surface area contributed by atoms with Crippen LogP contribution in [0, 0.1) is 0 Å². The van der Waals surface area contributed by atoms with Gasteiger partial charge in [0.1, 0.15) is 0 Å². The molecule has 0 N–H and O–H groups in total. The highest BCUT2D eigenvalue weighted by molar-refractivity contribution is 6.32. The molecule has 96 valence electrons. The number of halogens is 1. The zero-order chi connectivity index (χ0) is 13.1. The smallest absolute Gasteiger partial charge is 0.203 e. The van der Waals surface area contributed by atoms with E-state index in [9.17, 15) is 4.79 Å². The third kappa shape index (κ3) is 2.64. The summed E-state index contributed by atoms with van der Waals surface area (Å²) in [5.41, 5.74) is 1.16. The summed E-state index contributed by atoms with van der Waals surface area (Å²) in [7, 11) is 0. The molecule has 1 atom stereocenters. The Morgan fingerprint density at radius 1 is 1.56 bits per heavy atom. The van der Waals surface area contributed by atoms with Crippen molar-refractivity contribution in [1.29, 1.82) is 0 Å². The third-order valence-electron chi connectivity index (χ3n) is 2.97. The van der Waals surface area contributed by atoms with E-state index in [1.165, 1.54) is 6.26 Å². The van der Waals surface area contributed by atoms with Crippen LogP contribution in [0.2, 0.25) is 5.22 Å². The van der Waals surface area contributed by atoms with Gasteiger partial charge in [-0.1, -0.05) is 6.92 Å². The van der Waals surface area contributed by atoms with Gasteiger partial charge in [0.15, 0.2) is 5.78 Å². The first-order chi connectivity index (χ1) is 8.61. The largest absolute Gasteiger partial charge is 0.452 e. The van der Waals surface area contributed by atoms with Crippen molar-refractivity contribution in [2.45, 2.75) is 32.7 Å². The quantitative estimate of drug-likeness (QED) is 0.778. The molecule has 0 bridgehead atoms. The number of carbonyl (C=O) groups excluding carboxylic acids is 1. The Balaban J connectivity index is 2.08. The highest BCUT2D eigenvalue weighted by Gasteiger charge is 2.15. The third-order valence-corrected chi connectivity index (χ3v) is 3.26. The number of aromatic nitrogens is 2. The van der Waals surface area contributed by atoms with Crippen LogP contribution in [-0.2, 0) is 6.42 Å². The van der Waals surface area contributed by atoms with Crippen LogP contribution < -0.4 is 0 Å². The summed E-state index contributed by atoms with van der Waals surface area (Å²) in [6.45, 7) is 4.19. The van der Waals surface area contributed by atoms with E-state index in [1.807, 2.05) is 16.9 Å². The molecule has 18 heavy (non-hydrogen) atoms. The van der Waals surface area contributed by atoms with Gasteiger partial charge in [0.05, 0.1) is 23.9 Å². The lowest BCUT2D eigenvalue weighted by atomic mass is 10.1. The molecule has 0 saturated heterocycles. The molecule has 4 nitrogen and oxygen atoms in total. The molecule has 1 unspecified atom stereocenters. The van der Waals surface area contributed by atoms with Gasteiger partial charge in [-0.15, -0.1) is 0 Å². The Kier molecular flexibility index (Phi) is 3.87. The van der Waals surface area contributed by atoms with Crippen LogP contribution in [0.4, 0.5) is 0 Å². The van der Waals surface area contributed by atoms with Gasteiger partial charge in [0, 0.05) is 12.2 Å². The number of nitrogens with zero attached hydrogens (tertiary/aromatic N) is 2. The van der Waals surface area contributed by atoms with Crippen molar-refractivity contribution in [3.8, 4) is 0 Å². The number of furan rings is 1. The second-order valence-electron chi connectivity index (χ2n) is 4.25. The fourth-order valence-electron chi connectivity index (χ4n) is 1.66. The number of hydrogen-bond donors (Lipinski definition) is 0. The van der Waals surface area contributed by atoms with Gasteiger partial charge in [-0.25, -0.2) is 0 Å². The van der Waals surface area contributed by atoms with Crippen molar-refractivity contribution in [3.63, 3.8) is 0 Å². The Hall–Kier alpha value is -1.55. The SMILES string of the molecule is CCC(C)n1ccc(CC(=O)c2ccoc2Cl)n1. The first-order valence-electron chi connectivity index (χ1n) is 5.92. The average molecular weight is 267 g/mol. The van der Waals surface area contributed by atoms with Crippen LogP contribution in [0.3, 0.4) is 0 Å². The van der Waals surface area contributed by atoms with E-state index in [0.29, 0.717) is 11.6 Å². The van der Waals surface area contributed by atoms with Crippen LogP contribution in [0.1, 0.15) is 42.4 Å². The predicted molar refractivity (Wildman–Crippen MR) is 69.0 cm³/mol. The molecular formula is C13H15ClN2O2. The normalized spacial score (nSPS) is 12.6. The highest BCUT2D eigenvalue weighted by atomic mass is 35.5. The summed E-state index contributed by atoms with van der Waals surface area (Å²) < 4.78 is 6.78. The maximum atomic E-state index is 12.0. The zero-order valence-electron chi connectivity index (χ0n) is 10.4. The van der Waals surface area contributed by atoms with Crippen LogP contribution in [0.25, 0.3) is 0 Å². The number of carbonyl (C=O) groups is 1. The molecule has 2 aromatic heterocycles. The number of hydrogen-bond acceptors (Lipinski definition) is 3. The Bertz CT molecular complexity index is 545. The minimum atomic E-state index is -0.0804. The number of ketones is 1. The minimum absolute atomic E-state index is 0.0804. The van der Waals surface area contributed by atoms with Crippen LogP contribution in [0.5, 0.6) is 0 Å². The van der Waals surface area contributed by atoms with E-state index < -0.39 is 0 Å². The van der Waals surface area contributed by atoms with Crippen molar-refractivity contribution < 1.29 is 9.21 Å². The summed E-state index contributed by atoms with van der Waals surface area (Å²) in [4.78, 5) is 12.0. The second kappa shape index (κ2) is 5.40. The van der Waals surface area contributed by atoms with Gasteiger partial charge in [-0.3, -0.25) is 9.48 Å². The fourth-order valence-corrected chi connectivity index (χ4v) is 1.88. The minimum Gasteiger partial charge on any atom is -0.452 e. The van der Waals surface area contributed by atoms with E-state index in [4.69, 9.17) is 16.0 Å². The Morgan fingerprint density at radius 2 is 2.33 bits per heavy atom. The lowest BCUT2D eigenvalue weighted by Crippen LogP contribution is -2.07. The van der Waals surface area contributed by atoms with E-state index in [-0.39, 0.29) is 17.4 Å². The molecule has 0 fully saturated rings. The van der Waals surface area contributed by atoms with E-state index in [1.54, 1.807) is 6.07 Å². The van der Waals surface area contributed by atoms with E-state index >= 15 is 0 Å². The summed E-state index contributed by atoms with van der Waals surface area (Å²) in [5.74, 6) is -0.0804. The van der Waals surface area contributed by atoms with Crippen molar-refractivity contribution >= 4 is 17.4 Å². The molecule has 2 heterocycles. The van der Waals surface area contributed by atoms with E-state index in [2.05, 4.69) is 18.9 Å². The van der Waals surface area contributed by atoms with Crippen molar-refractivity contribution in [3.05, 3.63) is 41.1 Å². The monoisotopic (exact) mass is 266 g/mol. The molecule has 0 aromatic carbocycles. The van der Waals surface area contributed by atoms with Crippen molar-refractivity contribution in [2.24, 2.45) is 0 Å². The molecule has 0 saturated carbocycles. The Morgan fingerprint density at radius 3 is 2.94 bits per heavy atom. The van der Waals surface area contributed by atoms with Crippen molar-refractivity contribution in [1.82, 2.24) is 9.78 Å². The molecule has 0 aliphatic carbocycles. The zero-order valence-corrected chi connectivity index (χ0v) is 11.1. The van der Waals surface area contributed by atoms with Gasteiger partial charge in [-0.05, 0) is 37.1 Å². The van der Waals surface area contributed by atoms with Crippen LogP contribution >= 0.6 is 11.6 Å². The molecule has 0 spiro atoms. The van der Waals surface area contributed by atoms with Gasteiger partial charge in [0.2, 0.25) is 5.22 Å². The van der Waals surface area contributed by atoms with E-state index in [0.717, 1.165) is 12.1 Å². The maximum Gasteiger partial charge on any atom is 0.203 e. The first-order valence-corrected chi connectivity index (χ1v) is 6.29. The molecule has 0 radical (unpaired) electrons. The first kappa shape index (κ1) is 12.9. The van der Waals surface area contributed by atoms with Crippen molar-refractivity contribution in [2.75, 3.05) is 0 Å². The summed E-state index contributed by atoms with van der Waals surface area (Å²) in [6.07, 6.45) is 4.55. The second-order valence-corrected chi connectivity index (χ2v) is 4.60. The van der Waals surface area contributed by atoms with Crippen LogP contribution in [0.15, 0.2) is 29.0 Å². The van der Waals surface area contributed by atoms with Gasteiger partial charge in [0.25, 0.3) is 0 Å². The average Bonchev–Trinajstić information content (AvgIpc) is 2.97. The predicted octanol–water partition coefficient (Wildman–Crippen LogP) is 3.53. The fraction of sp³-hybridized carbons (Fsp3) is 0.385. The summed E-state index contributed by atoms with van der Waals surface area (Å²) in [5, 5.41) is 4.52. The number of Topliss-reactive ketones (excluding diaryl/α,β-unsaturated/α-hetero) is 1. The molecule has 2 aromatic rings. The molecule has 5 heteroatoms. The molecule has 0 amide bonds. The molecular weight excluding hydrogens is 252 g/mol. The molecule has 0 aliphatic heterocycles. The van der Waals surface area contributed by atoms with Gasteiger partial charge in [-0.2, -0.15) is 5.10 Å². The Labute approximate surface area is 111 Å². The lowest BCUT2D eigenvalue weighted by molar-refractivity contribution is 0.0991. The van der Waals surface area contributed by atoms with Gasteiger partial charge < -0.3 is 4.42 Å². The number of rotatable bonds is 5. The summed E-state index contributed by atoms with van der Waals surface area (Å²) in [6, 6.07) is 3.78. The molecule has 0 aliphatic rings. The lowest BCUT2D eigenvalue weighted by Gasteiger charge is -2.07. The highest BCUT2D eigenvalue weighted by Crippen LogP contribution is 2.19. The molecule has 2 rings (SSSR count). The standard InChI is InChI=1S/C13H15ClN2O2/c1-3-9(2)16-6-4-10(15-16)8-12(17)11-5-7-18-13(11)14/h4-7,9H,3,8H2,1-2H3. The van der Waals surface area contributed by atoms with Crippen LogP contribution in [-0.4, -0.2) is 15.6 Å². The maximum absolute atomic E-state index is 12.0. The van der Waals surface area contributed by atoms with Gasteiger partial charge >= 0.3 is 0 Å². The topological polar surface area (TPSA) is 48.0 Å². The summed E-state index contributed by atoms with van der Waals surface area (Å²) >= 11 is 5.77.